The first-order chi connectivity index (χ1) is 11.6. The van der Waals surface area contributed by atoms with Crippen LogP contribution in [-0.4, -0.2) is 23.3 Å². The van der Waals surface area contributed by atoms with Crippen LogP contribution in [0.15, 0.2) is 48.1 Å². The summed E-state index contributed by atoms with van der Waals surface area (Å²) in [5, 5.41) is 10.5. The maximum atomic E-state index is 11.9. The minimum Gasteiger partial charge on any atom is -0.461 e. The number of carbonyl (C=O) groups excluding carboxylic acids is 1. The van der Waals surface area contributed by atoms with E-state index in [-0.39, 0.29) is 34.7 Å². The van der Waals surface area contributed by atoms with Crippen LogP contribution in [0.2, 0.25) is 0 Å². The zero-order valence-electron chi connectivity index (χ0n) is 15.8. The molecule has 3 rings (SSSR count). The van der Waals surface area contributed by atoms with E-state index in [1.807, 2.05) is 6.08 Å². The van der Waals surface area contributed by atoms with E-state index in [0.29, 0.717) is 6.42 Å². The molecule has 136 valence electrons. The highest BCUT2D eigenvalue weighted by Gasteiger charge is 2.53. The summed E-state index contributed by atoms with van der Waals surface area (Å²) in [6, 6.07) is 0. The first kappa shape index (κ1) is 18.2. The van der Waals surface area contributed by atoms with Gasteiger partial charge in [-0.25, -0.2) is 0 Å². The van der Waals surface area contributed by atoms with E-state index in [0.717, 1.165) is 24.0 Å². The number of esters is 1. The van der Waals surface area contributed by atoms with Gasteiger partial charge in [-0.2, -0.15) is 0 Å². The maximum Gasteiger partial charge on any atom is 0.302 e. The third-order valence-electron chi connectivity index (χ3n) is 6.70. The summed E-state index contributed by atoms with van der Waals surface area (Å²) in [5.74, 6) is -0.307. The Bertz CT molecular complexity index is 681. The summed E-state index contributed by atoms with van der Waals surface area (Å²) < 4.78 is 5.92. The van der Waals surface area contributed by atoms with Crippen molar-refractivity contribution in [3.8, 4) is 0 Å². The van der Waals surface area contributed by atoms with E-state index < -0.39 is 6.10 Å². The first-order valence-electron chi connectivity index (χ1n) is 9.20. The highest BCUT2D eigenvalue weighted by molar-refractivity contribution is 5.66. The van der Waals surface area contributed by atoms with Crippen LogP contribution in [0.4, 0.5) is 0 Å². The molecule has 0 aromatic heterocycles. The van der Waals surface area contributed by atoms with Gasteiger partial charge in [-0.05, 0) is 46.8 Å². The molecule has 0 radical (unpaired) electrons. The van der Waals surface area contributed by atoms with Crippen LogP contribution in [0.25, 0.3) is 0 Å². The predicted octanol–water partition coefficient (Wildman–Crippen LogP) is 4.35. The lowest BCUT2D eigenvalue weighted by Gasteiger charge is -2.54. The molecule has 1 fully saturated rings. The number of carbonyl (C=O) groups is 1. The largest absolute Gasteiger partial charge is 0.461 e. The monoisotopic (exact) mass is 342 g/mol. The normalized spacial score (nSPS) is 41.9. The van der Waals surface area contributed by atoms with Gasteiger partial charge in [0.25, 0.3) is 0 Å². The molecule has 0 amide bonds. The molecule has 0 aromatic rings. The standard InChI is InChI=1S/C22H30O3/c1-13-7-8-17-20(25-15(3)23)19-14(2)18(24)10-12-22(19,6)11-9-16(13)21(17,4)5/h7-9,17-20,24H,1-2,10-12H2,3-6H3/b16-9-/t17-,18-,19-,20+,22+/m0/s1. The van der Waals surface area contributed by atoms with Crippen molar-refractivity contribution < 1.29 is 14.6 Å². The summed E-state index contributed by atoms with van der Waals surface area (Å²) >= 11 is 0. The first-order valence-corrected chi connectivity index (χ1v) is 9.20. The summed E-state index contributed by atoms with van der Waals surface area (Å²) in [6.07, 6.45) is 8.13. The van der Waals surface area contributed by atoms with E-state index in [4.69, 9.17) is 4.74 Å². The smallest absolute Gasteiger partial charge is 0.302 e. The fourth-order valence-electron chi connectivity index (χ4n) is 5.23. The Hall–Kier alpha value is -1.61. The molecule has 0 spiro atoms. The number of fused-ring (bicyclic) bond motifs is 3. The Morgan fingerprint density at radius 2 is 2.00 bits per heavy atom. The number of aliphatic hydroxyl groups excluding tert-OH is 1. The van der Waals surface area contributed by atoms with Crippen molar-refractivity contribution in [2.75, 3.05) is 0 Å². The molecule has 1 saturated carbocycles. The van der Waals surface area contributed by atoms with Gasteiger partial charge in [-0.15, -0.1) is 0 Å². The second-order valence-corrected chi connectivity index (χ2v) is 8.79. The van der Waals surface area contributed by atoms with E-state index in [9.17, 15) is 9.90 Å². The van der Waals surface area contributed by atoms with Crippen molar-refractivity contribution in [2.45, 2.75) is 59.2 Å². The Kier molecular flexibility index (Phi) is 4.35. The molecule has 0 saturated heterocycles. The molecule has 2 bridgehead atoms. The van der Waals surface area contributed by atoms with E-state index >= 15 is 0 Å². The average molecular weight is 342 g/mol. The van der Waals surface area contributed by atoms with Crippen LogP contribution < -0.4 is 0 Å². The fourth-order valence-corrected chi connectivity index (χ4v) is 5.23. The van der Waals surface area contributed by atoms with Gasteiger partial charge >= 0.3 is 5.97 Å². The summed E-state index contributed by atoms with van der Waals surface area (Å²) in [5.41, 5.74) is 2.83. The lowest BCUT2D eigenvalue weighted by molar-refractivity contribution is -0.158. The topological polar surface area (TPSA) is 46.5 Å². The number of allylic oxidation sites excluding steroid dienone is 4. The molecule has 0 aromatic carbocycles. The number of aliphatic hydroxyl groups is 1. The number of hydrogen-bond acceptors (Lipinski definition) is 3. The van der Waals surface area contributed by atoms with Crippen LogP contribution in [0.1, 0.15) is 47.0 Å². The summed E-state index contributed by atoms with van der Waals surface area (Å²) in [6.45, 7) is 16.5. The molecule has 3 nitrogen and oxygen atoms in total. The third kappa shape index (κ3) is 2.83. The van der Waals surface area contributed by atoms with Crippen LogP contribution in [0.3, 0.4) is 0 Å². The van der Waals surface area contributed by atoms with Crippen molar-refractivity contribution >= 4 is 5.97 Å². The van der Waals surface area contributed by atoms with E-state index in [1.54, 1.807) is 0 Å². The molecule has 0 unspecified atom stereocenters. The second-order valence-electron chi connectivity index (χ2n) is 8.79. The highest BCUT2D eigenvalue weighted by Crippen LogP contribution is 2.57. The Morgan fingerprint density at radius 1 is 1.32 bits per heavy atom. The third-order valence-corrected chi connectivity index (χ3v) is 6.70. The fraction of sp³-hybridized carbons (Fsp3) is 0.591. The molecular formula is C22H30O3. The molecule has 25 heavy (non-hydrogen) atoms. The molecule has 1 N–H and O–H groups in total. The number of rotatable bonds is 1. The van der Waals surface area contributed by atoms with E-state index in [1.165, 1.54) is 12.5 Å². The number of hydrogen-bond donors (Lipinski definition) is 1. The maximum absolute atomic E-state index is 11.9. The minimum atomic E-state index is -0.523. The Morgan fingerprint density at radius 3 is 2.64 bits per heavy atom. The molecule has 3 aliphatic rings. The molecule has 0 heterocycles. The van der Waals surface area contributed by atoms with Crippen LogP contribution in [0, 0.1) is 22.7 Å². The summed E-state index contributed by atoms with van der Waals surface area (Å²) in [7, 11) is 0. The van der Waals surface area contributed by atoms with Gasteiger partial charge < -0.3 is 9.84 Å². The quantitative estimate of drug-likeness (QED) is 0.569. The van der Waals surface area contributed by atoms with Gasteiger partial charge in [-0.1, -0.05) is 52.2 Å². The van der Waals surface area contributed by atoms with Crippen molar-refractivity contribution in [2.24, 2.45) is 22.7 Å². The van der Waals surface area contributed by atoms with Crippen LogP contribution in [0.5, 0.6) is 0 Å². The Balaban J connectivity index is 2.20. The predicted molar refractivity (Wildman–Crippen MR) is 99.8 cm³/mol. The van der Waals surface area contributed by atoms with Crippen molar-refractivity contribution in [3.63, 3.8) is 0 Å². The van der Waals surface area contributed by atoms with Crippen LogP contribution in [-0.2, 0) is 9.53 Å². The van der Waals surface area contributed by atoms with Crippen LogP contribution >= 0.6 is 0 Å². The summed E-state index contributed by atoms with van der Waals surface area (Å²) in [4.78, 5) is 11.9. The highest BCUT2D eigenvalue weighted by atomic mass is 16.5. The molecular weight excluding hydrogens is 312 g/mol. The molecule has 5 atom stereocenters. The molecule has 0 aliphatic heterocycles. The van der Waals surface area contributed by atoms with Gasteiger partial charge in [0.2, 0.25) is 0 Å². The van der Waals surface area contributed by atoms with Crippen molar-refractivity contribution in [1.29, 1.82) is 0 Å². The van der Waals surface area contributed by atoms with Gasteiger partial charge in [-0.3, -0.25) is 4.79 Å². The zero-order valence-corrected chi connectivity index (χ0v) is 15.8. The van der Waals surface area contributed by atoms with E-state index in [2.05, 4.69) is 46.1 Å². The van der Waals surface area contributed by atoms with Crippen molar-refractivity contribution in [3.05, 3.63) is 48.1 Å². The van der Waals surface area contributed by atoms with Gasteiger partial charge in [0, 0.05) is 18.8 Å². The van der Waals surface area contributed by atoms with Gasteiger partial charge in [0.05, 0.1) is 6.10 Å². The molecule has 3 heteroatoms. The average Bonchev–Trinajstić information content (AvgIpc) is 2.49. The van der Waals surface area contributed by atoms with Crippen molar-refractivity contribution in [1.82, 2.24) is 0 Å². The van der Waals surface area contributed by atoms with Gasteiger partial charge in [0.1, 0.15) is 6.10 Å². The Labute approximate surface area is 151 Å². The second kappa shape index (κ2) is 5.98. The molecule has 3 aliphatic carbocycles. The minimum absolute atomic E-state index is 0.0276. The SMILES string of the molecule is C=C1C=C[C@H]2[C@@H](OC(C)=O)[C@@H]3C(=C)[C@@H](O)CC[C@@]3(C)C/C=C/1C2(C)C. The lowest BCUT2D eigenvalue weighted by atomic mass is 9.53. The number of ether oxygens (including phenoxy) is 1. The lowest BCUT2D eigenvalue weighted by Crippen LogP contribution is -2.52. The zero-order chi connectivity index (χ0) is 18.6. The van der Waals surface area contributed by atoms with Gasteiger partial charge in [0.15, 0.2) is 0 Å².